The van der Waals surface area contributed by atoms with E-state index in [1.54, 1.807) is 7.11 Å². The van der Waals surface area contributed by atoms with Gasteiger partial charge in [-0.15, -0.1) is 11.3 Å². The van der Waals surface area contributed by atoms with Gasteiger partial charge in [0.15, 0.2) is 0 Å². The van der Waals surface area contributed by atoms with Crippen molar-refractivity contribution in [1.82, 2.24) is 4.72 Å². The van der Waals surface area contributed by atoms with E-state index in [2.05, 4.69) is 4.72 Å². The number of sulfonamides is 1. The van der Waals surface area contributed by atoms with Gasteiger partial charge in [-0.05, 0) is 31.4 Å². The number of ether oxygens (including phenoxy) is 1. The summed E-state index contributed by atoms with van der Waals surface area (Å²) < 4.78 is 32.1. The molecule has 0 aliphatic heterocycles. The van der Waals surface area contributed by atoms with E-state index in [1.807, 2.05) is 0 Å². The van der Waals surface area contributed by atoms with Crippen molar-refractivity contribution in [2.45, 2.75) is 35.6 Å². The van der Waals surface area contributed by atoms with Crippen molar-refractivity contribution in [2.75, 3.05) is 7.11 Å². The molecule has 0 bridgehead atoms. The van der Waals surface area contributed by atoms with E-state index < -0.39 is 16.0 Å². The van der Waals surface area contributed by atoms with Crippen LogP contribution in [0, 0.1) is 0 Å². The molecule has 1 heterocycles. The summed E-state index contributed by atoms with van der Waals surface area (Å²) in [5, 5.41) is 8.80. The van der Waals surface area contributed by atoms with Crippen molar-refractivity contribution in [3.8, 4) is 0 Å². The second kappa shape index (κ2) is 5.58. The van der Waals surface area contributed by atoms with E-state index >= 15 is 0 Å². The maximum Gasteiger partial charge on any atom is 0.345 e. The third-order valence-electron chi connectivity index (χ3n) is 3.12. The molecule has 2 atom stereocenters. The van der Waals surface area contributed by atoms with Crippen LogP contribution in [0.4, 0.5) is 0 Å². The number of nitrogens with one attached hydrogen (secondary N) is 1. The van der Waals surface area contributed by atoms with Crippen LogP contribution in [0.5, 0.6) is 0 Å². The van der Waals surface area contributed by atoms with Gasteiger partial charge in [0.05, 0.1) is 6.10 Å². The molecule has 106 valence electrons. The fraction of sp³-hybridized carbons (Fsp3) is 0.545. The number of thiophene rings is 1. The number of carbonyl (C=O) groups is 1. The first-order valence-corrected chi connectivity index (χ1v) is 8.12. The van der Waals surface area contributed by atoms with E-state index in [-0.39, 0.29) is 21.2 Å². The predicted molar refractivity (Wildman–Crippen MR) is 70.0 cm³/mol. The average molecular weight is 305 g/mol. The fourth-order valence-electron chi connectivity index (χ4n) is 2.18. The van der Waals surface area contributed by atoms with E-state index in [9.17, 15) is 13.2 Å². The molecule has 2 N–H and O–H groups in total. The number of carboxylic acid groups (broad SMARTS) is 1. The summed E-state index contributed by atoms with van der Waals surface area (Å²) in [5.41, 5.74) is 0. The molecular formula is C11H15NO5S2. The van der Waals surface area contributed by atoms with Crippen molar-refractivity contribution in [2.24, 2.45) is 0 Å². The van der Waals surface area contributed by atoms with Crippen LogP contribution in [0.3, 0.4) is 0 Å². The quantitative estimate of drug-likeness (QED) is 0.855. The highest BCUT2D eigenvalue weighted by molar-refractivity contribution is 7.91. The lowest BCUT2D eigenvalue weighted by Crippen LogP contribution is -2.40. The Morgan fingerprint density at radius 3 is 2.79 bits per heavy atom. The lowest BCUT2D eigenvalue weighted by Gasteiger charge is -2.18. The number of aromatic carboxylic acids is 1. The van der Waals surface area contributed by atoms with E-state index in [1.165, 1.54) is 12.1 Å². The van der Waals surface area contributed by atoms with Crippen LogP contribution >= 0.6 is 11.3 Å². The first-order chi connectivity index (χ1) is 8.94. The third-order valence-corrected chi connectivity index (χ3v) is 6.17. The maximum absolute atomic E-state index is 12.1. The van der Waals surface area contributed by atoms with Crippen LogP contribution < -0.4 is 4.72 Å². The minimum absolute atomic E-state index is 0.00934. The average Bonchev–Trinajstić information content (AvgIpc) is 2.95. The number of hydrogen-bond donors (Lipinski definition) is 2. The van der Waals surface area contributed by atoms with Crippen molar-refractivity contribution in [3.05, 3.63) is 17.0 Å². The van der Waals surface area contributed by atoms with E-state index in [0.717, 1.165) is 30.6 Å². The topological polar surface area (TPSA) is 92.7 Å². The van der Waals surface area contributed by atoms with Crippen molar-refractivity contribution in [1.29, 1.82) is 0 Å². The third kappa shape index (κ3) is 3.14. The number of methoxy groups -OCH3 is 1. The Morgan fingerprint density at radius 1 is 1.47 bits per heavy atom. The van der Waals surface area contributed by atoms with Crippen LogP contribution in [-0.2, 0) is 14.8 Å². The Labute approximate surface area is 115 Å². The Kier molecular flexibility index (Phi) is 4.24. The summed E-state index contributed by atoms with van der Waals surface area (Å²) in [7, 11) is -2.11. The summed E-state index contributed by atoms with van der Waals surface area (Å²) in [6.07, 6.45) is 2.36. The lowest BCUT2D eigenvalue weighted by atomic mass is 10.2. The van der Waals surface area contributed by atoms with Gasteiger partial charge in [0, 0.05) is 13.2 Å². The van der Waals surface area contributed by atoms with Gasteiger partial charge in [0.1, 0.15) is 9.09 Å². The Morgan fingerprint density at radius 2 is 2.21 bits per heavy atom. The fourth-order valence-corrected chi connectivity index (χ4v) is 4.64. The molecule has 1 aromatic rings. The highest BCUT2D eigenvalue weighted by Crippen LogP contribution is 2.26. The van der Waals surface area contributed by atoms with Crippen LogP contribution in [-0.4, -0.2) is 38.7 Å². The normalized spacial score (nSPS) is 23.6. The van der Waals surface area contributed by atoms with Crippen LogP contribution in [0.1, 0.15) is 28.9 Å². The molecule has 0 amide bonds. The molecule has 1 fully saturated rings. The van der Waals surface area contributed by atoms with E-state index in [0.29, 0.717) is 0 Å². The van der Waals surface area contributed by atoms with Crippen LogP contribution in [0.25, 0.3) is 0 Å². The SMILES string of the molecule is COC1CCCC1NS(=O)(=O)c1ccc(C(=O)O)s1. The Hall–Kier alpha value is -0.960. The van der Waals surface area contributed by atoms with E-state index in [4.69, 9.17) is 9.84 Å². The number of carboxylic acids is 1. The summed E-state index contributed by atoms with van der Waals surface area (Å²) in [4.78, 5) is 10.8. The van der Waals surface area contributed by atoms with Crippen molar-refractivity contribution >= 4 is 27.3 Å². The predicted octanol–water partition coefficient (Wildman–Crippen LogP) is 1.29. The highest BCUT2D eigenvalue weighted by atomic mass is 32.2. The molecule has 0 saturated heterocycles. The highest BCUT2D eigenvalue weighted by Gasteiger charge is 2.32. The first kappa shape index (κ1) is 14.4. The first-order valence-electron chi connectivity index (χ1n) is 5.82. The molecule has 2 rings (SSSR count). The summed E-state index contributed by atoms with van der Waals surface area (Å²) in [6, 6.07) is 2.36. The van der Waals surface area contributed by atoms with Gasteiger partial charge in [-0.2, -0.15) is 0 Å². The zero-order chi connectivity index (χ0) is 14.0. The molecule has 1 aliphatic rings. The molecule has 1 aromatic heterocycles. The van der Waals surface area contributed by atoms with Crippen LogP contribution in [0.2, 0.25) is 0 Å². The standard InChI is InChI=1S/C11H15NO5S2/c1-17-8-4-2-3-7(8)12-19(15,16)10-6-5-9(18-10)11(13)14/h5-8,12H,2-4H2,1H3,(H,13,14). The summed E-state index contributed by atoms with van der Waals surface area (Å²) >= 11 is 0.749. The Balaban J connectivity index is 2.15. The lowest BCUT2D eigenvalue weighted by molar-refractivity contribution is 0.0702. The molecule has 0 aromatic carbocycles. The second-order valence-electron chi connectivity index (χ2n) is 4.36. The molecule has 1 saturated carbocycles. The molecule has 2 unspecified atom stereocenters. The van der Waals surface area contributed by atoms with Crippen molar-refractivity contribution < 1.29 is 23.1 Å². The van der Waals surface area contributed by atoms with Crippen LogP contribution in [0.15, 0.2) is 16.3 Å². The zero-order valence-electron chi connectivity index (χ0n) is 10.3. The summed E-state index contributed by atoms with van der Waals surface area (Å²) in [6.45, 7) is 0. The van der Waals surface area contributed by atoms with Gasteiger partial charge < -0.3 is 9.84 Å². The summed E-state index contributed by atoms with van der Waals surface area (Å²) in [5.74, 6) is -1.12. The van der Waals surface area contributed by atoms with Gasteiger partial charge in [-0.3, -0.25) is 0 Å². The van der Waals surface area contributed by atoms with Gasteiger partial charge in [0.2, 0.25) is 10.0 Å². The molecule has 1 aliphatic carbocycles. The molecule has 8 heteroatoms. The van der Waals surface area contributed by atoms with Crippen molar-refractivity contribution in [3.63, 3.8) is 0 Å². The minimum atomic E-state index is -3.67. The monoisotopic (exact) mass is 305 g/mol. The Bertz CT molecular complexity index is 565. The molecule has 0 spiro atoms. The molecular weight excluding hydrogens is 290 g/mol. The smallest absolute Gasteiger partial charge is 0.345 e. The van der Waals surface area contributed by atoms with Gasteiger partial charge in [-0.1, -0.05) is 0 Å². The minimum Gasteiger partial charge on any atom is -0.477 e. The molecule has 19 heavy (non-hydrogen) atoms. The maximum atomic E-state index is 12.1. The number of rotatable bonds is 5. The largest absolute Gasteiger partial charge is 0.477 e. The van der Waals surface area contributed by atoms with Gasteiger partial charge in [0.25, 0.3) is 0 Å². The second-order valence-corrected chi connectivity index (χ2v) is 7.38. The molecule has 0 radical (unpaired) electrons. The molecule has 6 nitrogen and oxygen atoms in total. The number of hydrogen-bond acceptors (Lipinski definition) is 5. The van der Waals surface area contributed by atoms with Gasteiger partial charge in [-0.25, -0.2) is 17.9 Å². The van der Waals surface area contributed by atoms with Gasteiger partial charge >= 0.3 is 5.97 Å². The zero-order valence-corrected chi connectivity index (χ0v) is 12.0.